The fourth-order valence-corrected chi connectivity index (χ4v) is 6.08. The number of Topliss-reactive ketones (excluding diaryl/α,β-unsaturated/α-hetero) is 2. The highest BCUT2D eigenvalue weighted by Gasteiger charge is 2.64. The van der Waals surface area contributed by atoms with Crippen molar-refractivity contribution in [2.24, 2.45) is 11.7 Å². The number of fused-ring (bicyclic) bond motifs is 3. The monoisotopic (exact) mass is 432 g/mol. The van der Waals surface area contributed by atoms with E-state index in [4.69, 9.17) is 5.73 Å². The lowest BCUT2D eigenvalue weighted by Gasteiger charge is -2.49. The Morgan fingerprint density at radius 2 is 1.90 bits per heavy atom. The number of rotatable bonds is 2. The summed E-state index contributed by atoms with van der Waals surface area (Å²) in [6.45, 7) is 0. The van der Waals surface area contributed by atoms with Crippen molar-refractivity contribution < 1.29 is 34.8 Å². The van der Waals surface area contributed by atoms with Gasteiger partial charge in [0, 0.05) is 16.1 Å². The van der Waals surface area contributed by atoms with Gasteiger partial charge in [-0.2, -0.15) is 0 Å². The number of thioether (sulfide) groups is 1. The van der Waals surface area contributed by atoms with Gasteiger partial charge in [0.15, 0.2) is 11.4 Å². The van der Waals surface area contributed by atoms with Crippen molar-refractivity contribution in [1.82, 2.24) is 4.90 Å². The number of phenols is 1. The number of hydrogen-bond donors (Lipinski definition) is 5. The molecule has 4 unspecified atom stereocenters. The van der Waals surface area contributed by atoms with Crippen LogP contribution in [0.1, 0.15) is 12.0 Å². The Morgan fingerprint density at radius 3 is 2.50 bits per heavy atom. The molecule has 4 atom stereocenters. The predicted octanol–water partition coefficient (Wildman–Crippen LogP) is 0.266. The zero-order chi connectivity index (χ0) is 22.1. The molecule has 9 nitrogen and oxygen atoms in total. The molecule has 0 aromatic heterocycles. The van der Waals surface area contributed by atoms with E-state index in [9.17, 15) is 34.8 Å². The number of amides is 1. The second-order valence-corrected chi connectivity index (χ2v) is 9.06. The maximum atomic E-state index is 13.5. The molecule has 6 N–H and O–H groups in total. The van der Waals surface area contributed by atoms with Crippen LogP contribution in [-0.2, 0) is 14.4 Å². The number of ketones is 2. The fraction of sp³-hybridized carbons (Fsp3) is 0.350. The van der Waals surface area contributed by atoms with Crippen molar-refractivity contribution >= 4 is 35.0 Å². The number of nitrogens with two attached hydrogens (primary N) is 1. The van der Waals surface area contributed by atoms with Crippen LogP contribution in [0.5, 0.6) is 5.75 Å². The summed E-state index contributed by atoms with van der Waals surface area (Å²) in [6.07, 6.45) is 0.0477. The van der Waals surface area contributed by atoms with Crippen molar-refractivity contribution in [3.8, 4) is 5.75 Å². The van der Waals surface area contributed by atoms with Gasteiger partial charge in [0.2, 0.25) is 5.78 Å². The fourth-order valence-electron chi connectivity index (χ4n) is 4.66. The first-order chi connectivity index (χ1) is 14.0. The molecular formula is C20H20N2O7S. The summed E-state index contributed by atoms with van der Waals surface area (Å²) in [7, 11) is 3.11. The summed E-state index contributed by atoms with van der Waals surface area (Å²) in [5, 5.41) is 42.4. The van der Waals surface area contributed by atoms with Gasteiger partial charge >= 0.3 is 0 Å². The minimum absolute atomic E-state index is 0.0477. The number of primary amides is 1. The van der Waals surface area contributed by atoms with Gasteiger partial charge < -0.3 is 26.2 Å². The third-order valence-electron chi connectivity index (χ3n) is 5.98. The molecule has 1 saturated carbocycles. The molecule has 1 aromatic carbocycles. The molecule has 4 rings (SSSR count). The highest BCUT2D eigenvalue weighted by molar-refractivity contribution is 8.00. The van der Waals surface area contributed by atoms with Gasteiger partial charge in [-0.05, 0) is 32.6 Å². The Morgan fingerprint density at radius 1 is 1.23 bits per heavy atom. The summed E-state index contributed by atoms with van der Waals surface area (Å²) in [5.41, 5.74) is 1.69. The van der Waals surface area contributed by atoms with E-state index in [2.05, 4.69) is 0 Å². The van der Waals surface area contributed by atoms with Gasteiger partial charge in [-0.3, -0.25) is 19.3 Å². The summed E-state index contributed by atoms with van der Waals surface area (Å²) in [4.78, 5) is 40.2. The number of aliphatic hydroxyl groups excluding tert-OH is 2. The second kappa shape index (κ2) is 6.59. The Hall–Kier alpha value is -2.82. The molecule has 30 heavy (non-hydrogen) atoms. The average molecular weight is 432 g/mol. The molecule has 0 saturated heterocycles. The molecule has 1 heterocycles. The van der Waals surface area contributed by atoms with Crippen LogP contribution in [0.3, 0.4) is 0 Å². The molecule has 3 aliphatic rings. The maximum Gasteiger partial charge on any atom is 0.255 e. The second-order valence-electron chi connectivity index (χ2n) is 7.82. The third-order valence-corrected chi connectivity index (χ3v) is 7.29. The molecule has 0 radical (unpaired) electrons. The van der Waals surface area contributed by atoms with Crippen LogP contribution in [0, 0.1) is 5.92 Å². The molecule has 158 valence electrons. The number of nitrogens with zero attached hydrogens (tertiary/aromatic N) is 1. The van der Waals surface area contributed by atoms with E-state index in [-0.39, 0.29) is 23.3 Å². The first-order valence-corrected chi connectivity index (χ1v) is 10.0. The van der Waals surface area contributed by atoms with E-state index >= 15 is 0 Å². The number of carbonyl (C=O) groups excluding carboxylic acids is 3. The summed E-state index contributed by atoms with van der Waals surface area (Å²) in [5.74, 6) is -5.99. The predicted molar refractivity (Wildman–Crippen MR) is 107 cm³/mol. The number of carbonyl (C=O) groups is 3. The van der Waals surface area contributed by atoms with Gasteiger partial charge in [-0.15, -0.1) is 11.8 Å². The van der Waals surface area contributed by atoms with Gasteiger partial charge in [0.1, 0.15) is 22.8 Å². The Balaban J connectivity index is 1.98. The Labute approximate surface area is 175 Å². The van der Waals surface area contributed by atoms with Crippen molar-refractivity contribution in [3.63, 3.8) is 0 Å². The van der Waals surface area contributed by atoms with Crippen LogP contribution in [0.2, 0.25) is 0 Å². The zero-order valence-electron chi connectivity index (χ0n) is 16.1. The van der Waals surface area contributed by atoms with Gasteiger partial charge in [0.25, 0.3) is 5.91 Å². The quantitative estimate of drug-likeness (QED) is 0.413. The molecule has 0 bridgehead atoms. The van der Waals surface area contributed by atoms with E-state index in [1.807, 2.05) is 0 Å². The number of phenolic OH excluding ortho intramolecular Hbond substituents is 1. The van der Waals surface area contributed by atoms with Crippen molar-refractivity contribution in [3.05, 3.63) is 40.7 Å². The van der Waals surface area contributed by atoms with E-state index in [0.717, 1.165) is 0 Å². The average Bonchev–Trinajstić information content (AvgIpc) is 2.64. The minimum Gasteiger partial charge on any atom is -0.508 e. The molecule has 1 fully saturated rings. The van der Waals surface area contributed by atoms with Crippen LogP contribution in [0.4, 0.5) is 0 Å². The topological polar surface area (TPSA) is 161 Å². The Bertz CT molecular complexity index is 1080. The van der Waals surface area contributed by atoms with Crippen molar-refractivity contribution in [2.45, 2.75) is 28.2 Å². The van der Waals surface area contributed by atoms with Crippen molar-refractivity contribution in [2.75, 3.05) is 14.1 Å². The van der Waals surface area contributed by atoms with E-state index in [0.29, 0.717) is 4.90 Å². The summed E-state index contributed by atoms with van der Waals surface area (Å²) in [6, 6.07) is 3.54. The molecule has 0 spiro atoms. The van der Waals surface area contributed by atoms with E-state index in [1.165, 1.54) is 22.7 Å². The standard InChI is InChI=1S/C20H20N2O7S/c1-22(2)14-7-6-10-12(15(24)11-8(23)4-3-5-9(11)30-10)17(26)20(7,29)18(27)13(16(14)25)19(21)28/h3-5,7,10,14,23-24,27,29H,6H2,1-2H3,(H2,21,28). The smallest absolute Gasteiger partial charge is 0.255 e. The third kappa shape index (κ3) is 2.47. The van der Waals surface area contributed by atoms with Gasteiger partial charge in [0.05, 0.1) is 17.2 Å². The number of hydrogen-bond acceptors (Lipinski definition) is 9. The first kappa shape index (κ1) is 20.5. The minimum atomic E-state index is -2.62. The molecule has 2 aliphatic carbocycles. The summed E-state index contributed by atoms with van der Waals surface area (Å²) < 4.78 is 0. The largest absolute Gasteiger partial charge is 0.508 e. The molecular weight excluding hydrogens is 412 g/mol. The van der Waals surface area contributed by atoms with Gasteiger partial charge in [-0.1, -0.05) is 6.07 Å². The van der Waals surface area contributed by atoms with Crippen LogP contribution >= 0.6 is 11.8 Å². The highest BCUT2D eigenvalue weighted by Crippen LogP contribution is 2.54. The Kier molecular flexibility index (Phi) is 4.49. The first-order valence-electron chi connectivity index (χ1n) is 9.15. The van der Waals surface area contributed by atoms with Crippen LogP contribution in [0.25, 0.3) is 5.76 Å². The normalized spacial score (nSPS) is 30.9. The van der Waals surface area contributed by atoms with Gasteiger partial charge in [-0.25, -0.2) is 0 Å². The lowest BCUT2D eigenvalue weighted by atomic mass is 9.62. The number of aliphatic hydroxyl groups is 3. The SMILES string of the molecule is CN(C)C1C(=O)C(C(N)=O)=C(O)C2(O)C(=O)C3=C(O)c4c(O)cccc4SC3CC12. The van der Waals surface area contributed by atoms with Crippen LogP contribution in [0.15, 0.2) is 40.0 Å². The number of benzene rings is 1. The maximum absolute atomic E-state index is 13.5. The number of aromatic hydroxyl groups is 1. The lowest BCUT2D eigenvalue weighted by molar-refractivity contribution is -0.151. The molecule has 1 aliphatic heterocycles. The summed E-state index contributed by atoms with van der Waals surface area (Å²) >= 11 is 1.21. The molecule has 1 aromatic rings. The molecule has 10 heteroatoms. The zero-order valence-corrected chi connectivity index (χ0v) is 16.9. The van der Waals surface area contributed by atoms with Crippen LogP contribution < -0.4 is 5.73 Å². The van der Waals surface area contributed by atoms with E-state index in [1.54, 1.807) is 26.2 Å². The van der Waals surface area contributed by atoms with Crippen molar-refractivity contribution in [1.29, 1.82) is 0 Å². The highest BCUT2D eigenvalue weighted by atomic mass is 32.2. The van der Waals surface area contributed by atoms with E-state index < -0.39 is 57.4 Å². The lowest BCUT2D eigenvalue weighted by Crippen LogP contribution is -2.66. The molecule has 1 amide bonds. The number of likely N-dealkylation sites (N-methyl/N-ethyl adjacent to an activating group) is 1. The van der Waals surface area contributed by atoms with Crippen LogP contribution in [-0.4, -0.2) is 73.8 Å².